The van der Waals surface area contributed by atoms with Crippen molar-refractivity contribution in [3.63, 3.8) is 0 Å². The molecule has 0 radical (unpaired) electrons. The Bertz CT molecular complexity index is 609. The van der Waals surface area contributed by atoms with Gasteiger partial charge in [0.05, 0.1) is 12.7 Å². The zero-order chi connectivity index (χ0) is 19.7. The van der Waals surface area contributed by atoms with Crippen LogP contribution in [0.5, 0.6) is 0 Å². The third-order valence-electron chi connectivity index (χ3n) is 6.41. The van der Waals surface area contributed by atoms with E-state index in [4.69, 9.17) is 9.47 Å². The van der Waals surface area contributed by atoms with Crippen LogP contribution in [0.15, 0.2) is 29.3 Å². The molecule has 1 saturated carbocycles. The zero-order valence-corrected chi connectivity index (χ0v) is 20.4. The molecule has 1 aromatic carbocycles. The summed E-state index contributed by atoms with van der Waals surface area (Å²) >= 11 is 0. The van der Waals surface area contributed by atoms with Gasteiger partial charge in [-0.1, -0.05) is 44.0 Å². The molecule has 164 valence electrons. The number of nitrogens with zero attached hydrogens (tertiary/aromatic N) is 1. The number of aliphatic imine (C=N–C) groups is 1. The van der Waals surface area contributed by atoms with E-state index in [1.54, 1.807) is 0 Å². The van der Waals surface area contributed by atoms with Gasteiger partial charge in [0.15, 0.2) is 5.96 Å². The summed E-state index contributed by atoms with van der Waals surface area (Å²) in [5.74, 6) is 0.895. The minimum absolute atomic E-state index is 0. The van der Waals surface area contributed by atoms with Gasteiger partial charge in [0, 0.05) is 33.4 Å². The maximum atomic E-state index is 6.00. The van der Waals surface area contributed by atoms with E-state index in [2.05, 4.69) is 46.8 Å². The highest BCUT2D eigenvalue weighted by atomic mass is 127. The Kier molecular flexibility index (Phi) is 10.7. The van der Waals surface area contributed by atoms with Gasteiger partial charge in [0.2, 0.25) is 0 Å². The fraction of sp³-hybridized carbons (Fsp3) is 0.696. The van der Waals surface area contributed by atoms with Gasteiger partial charge < -0.3 is 20.1 Å². The molecule has 1 heterocycles. The molecule has 5 nitrogen and oxygen atoms in total. The van der Waals surface area contributed by atoms with Gasteiger partial charge in [0.1, 0.15) is 0 Å². The molecular weight excluding hydrogens is 477 g/mol. The van der Waals surface area contributed by atoms with Crippen molar-refractivity contribution in [1.29, 1.82) is 0 Å². The van der Waals surface area contributed by atoms with Crippen LogP contribution in [0.3, 0.4) is 0 Å². The van der Waals surface area contributed by atoms with Crippen molar-refractivity contribution in [3.8, 4) is 0 Å². The normalized spacial score (nSPS) is 19.6. The summed E-state index contributed by atoms with van der Waals surface area (Å²) < 4.78 is 11.4. The molecule has 1 saturated heterocycles. The first-order valence-electron chi connectivity index (χ1n) is 10.9. The molecule has 1 aliphatic carbocycles. The Hall–Kier alpha value is -0.860. The minimum Gasteiger partial charge on any atom is -0.381 e. The molecule has 2 aliphatic rings. The molecule has 1 aromatic rings. The Morgan fingerprint density at radius 2 is 1.76 bits per heavy atom. The number of nitrogens with one attached hydrogen (secondary N) is 2. The molecule has 2 fully saturated rings. The second-order valence-corrected chi connectivity index (χ2v) is 8.28. The van der Waals surface area contributed by atoms with E-state index in [1.807, 2.05) is 7.05 Å². The number of hydrogen-bond donors (Lipinski definition) is 2. The maximum absolute atomic E-state index is 6.00. The largest absolute Gasteiger partial charge is 0.381 e. The summed E-state index contributed by atoms with van der Waals surface area (Å²) in [5.41, 5.74) is 2.94. The van der Waals surface area contributed by atoms with Gasteiger partial charge in [-0.05, 0) is 48.6 Å². The highest BCUT2D eigenvalue weighted by Gasteiger charge is 2.31. The molecule has 0 amide bonds. The van der Waals surface area contributed by atoms with Gasteiger partial charge in [0.25, 0.3) is 0 Å². The highest BCUT2D eigenvalue weighted by molar-refractivity contribution is 14.0. The molecule has 2 N–H and O–H groups in total. The van der Waals surface area contributed by atoms with Crippen molar-refractivity contribution < 1.29 is 9.47 Å². The van der Waals surface area contributed by atoms with Crippen LogP contribution in [-0.4, -0.2) is 38.9 Å². The topological polar surface area (TPSA) is 54.9 Å². The predicted molar refractivity (Wildman–Crippen MR) is 130 cm³/mol. The monoisotopic (exact) mass is 515 g/mol. The Morgan fingerprint density at radius 3 is 2.38 bits per heavy atom. The lowest BCUT2D eigenvalue weighted by Gasteiger charge is -2.28. The summed E-state index contributed by atoms with van der Waals surface area (Å²) in [7, 11) is 1.85. The van der Waals surface area contributed by atoms with E-state index >= 15 is 0 Å². The van der Waals surface area contributed by atoms with Gasteiger partial charge in [-0.25, -0.2) is 0 Å². The van der Waals surface area contributed by atoms with E-state index in [0.29, 0.717) is 18.1 Å². The molecule has 6 heteroatoms. The Balaban J connectivity index is 0.00000300. The van der Waals surface area contributed by atoms with Crippen molar-refractivity contribution in [2.24, 2.45) is 10.4 Å². The zero-order valence-electron chi connectivity index (χ0n) is 18.0. The van der Waals surface area contributed by atoms with Crippen molar-refractivity contribution in [1.82, 2.24) is 10.6 Å². The third-order valence-corrected chi connectivity index (χ3v) is 6.41. The molecule has 0 bridgehead atoms. The maximum Gasteiger partial charge on any atom is 0.191 e. The number of hydrogen-bond acceptors (Lipinski definition) is 3. The summed E-state index contributed by atoms with van der Waals surface area (Å²) in [6, 6.07) is 8.68. The molecule has 0 unspecified atom stereocenters. The van der Waals surface area contributed by atoms with Crippen LogP contribution in [-0.2, 0) is 22.6 Å². The second-order valence-electron chi connectivity index (χ2n) is 8.28. The first-order chi connectivity index (χ1) is 13.7. The smallest absolute Gasteiger partial charge is 0.191 e. The number of rotatable bonds is 8. The molecule has 0 atom stereocenters. The van der Waals surface area contributed by atoms with E-state index < -0.39 is 0 Å². The number of benzene rings is 1. The lowest BCUT2D eigenvalue weighted by Crippen LogP contribution is -2.42. The second kappa shape index (κ2) is 12.7. The molecule has 1 aliphatic heterocycles. The van der Waals surface area contributed by atoms with E-state index in [-0.39, 0.29) is 24.0 Å². The quantitative estimate of drug-likeness (QED) is 0.301. The van der Waals surface area contributed by atoms with E-state index in [0.717, 1.165) is 45.1 Å². The van der Waals surface area contributed by atoms with Crippen LogP contribution < -0.4 is 10.6 Å². The number of guanidine groups is 1. The summed E-state index contributed by atoms with van der Waals surface area (Å²) in [6.45, 7) is 6.44. The summed E-state index contributed by atoms with van der Waals surface area (Å²) in [6.07, 6.45) is 9.01. The Morgan fingerprint density at radius 1 is 1.10 bits per heavy atom. The first-order valence-corrected chi connectivity index (χ1v) is 10.9. The SMILES string of the molecule is CCC1(CNC(=NC)NCc2ccc(COC3CCOCC3)cc2)CCCC1.I. The van der Waals surface area contributed by atoms with Gasteiger partial charge in [-0.15, -0.1) is 24.0 Å². The first kappa shape index (κ1) is 24.4. The van der Waals surface area contributed by atoms with Crippen molar-refractivity contribution in [2.45, 2.75) is 71.1 Å². The fourth-order valence-electron chi connectivity index (χ4n) is 4.27. The average molecular weight is 515 g/mol. The third kappa shape index (κ3) is 7.72. The van der Waals surface area contributed by atoms with Crippen LogP contribution >= 0.6 is 24.0 Å². The standard InChI is InChI=1S/C23H37N3O2.HI/c1-3-23(12-4-5-13-23)18-26-22(24-2)25-16-19-6-8-20(9-7-19)17-28-21-10-14-27-15-11-21;/h6-9,21H,3-5,10-18H2,1-2H3,(H2,24,25,26);1H. The minimum atomic E-state index is 0. The van der Waals surface area contributed by atoms with Crippen LogP contribution in [0.4, 0.5) is 0 Å². The molecule has 29 heavy (non-hydrogen) atoms. The van der Waals surface area contributed by atoms with Crippen molar-refractivity contribution in [3.05, 3.63) is 35.4 Å². The molecule has 0 spiro atoms. The highest BCUT2D eigenvalue weighted by Crippen LogP contribution is 2.40. The van der Waals surface area contributed by atoms with Crippen molar-refractivity contribution >= 4 is 29.9 Å². The van der Waals surface area contributed by atoms with Gasteiger partial charge >= 0.3 is 0 Å². The summed E-state index contributed by atoms with van der Waals surface area (Å²) in [4.78, 5) is 4.39. The van der Waals surface area contributed by atoms with E-state index in [1.165, 1.54) is 43.2 Å². The lowest BCUT2D eigenvalue weighted by molar-refractivity contribution is -0.0390. The number of halogens is 1. The van der Waals surface area contributed by atoms with Gasteiger partial charge in [-0.2, -0.15) is 0 Å². The Labute approximate surface area is 193 Å². The molecular formula is C23H38IN3O2. The predicted octanol–water partition coefficient (Wildman–Crippen LogP) is 4.64. The molecule has 0 aromatic heterocycles. The van der Waals surface area contributed by atoms with Crippen LogP contribution in [0.25, 0.3) is 0 Å². The summed E-state index contributed by atoms with van der Waals surface area (Å²) in [5, 5.41) is 7.00. The number of ether oxygens (including phenoxy) is 2. The van der Waals surface area contributed by atoms with Crippen LogP contribution in [0, 0.1) is 5.41 Å². The fourth-order valence-corrected chi connectivity index (χ4v) is 4.27. The van der Waals surface area contributed by atoms with E-state index in [9.17, 15) is 0 Å². The van der Waals surface area contributed by atoms with Gasteiger partial charge in [-0.3, -0.25) is 4.99 Å². The van der Waals surface area contributed by atoms with Crippen LogP contribution in [0.1, 0.15) is 63.0 Å². The lowest BCUT2D eigenvalue weighted by atomic mass is 9.83. The van der Waals surface area contributed by atoms with Crippen molar-refractivity contribution in [2.75, 3.05) is 26.8 Å². The average Bonchev–Trinajstić information content (AvgIpc) is 3.23. The van der Waals surface area contributed by atoms with Crippen LogP contribution in [0.2, 0.25) is 0 Å². The molecule has 3 rings (SSSR count).